The third-order valence-corrected chi connectivity index (χ3v) is 3.21. The van der Waals surface area contributed by atoms with Crippen LogP contribution in [-0.4, -0.2) is 41.0 Å². The largest absolute Gasteiger partial charge is 0.481 e. The quantitative estimate of drug-likeness (QED) is 0.721. The van der Waals surface area contributed by atoms with Gasteiger partial charge in [0.2, 0.25) is 5.91 Å². The Bertz CT molecular complexity index is 262. The maximum atomic E-state index is 11.9. The Hall–Kier alpha value is -1.10. The molecule has 92 valence electrons. The fraction of sp³-hybridized carbons (Fsp3) is 0.818. The van der Waals surface area contributed by atoms with E-state index in [2.05, 4.69) is 0 Å². The second kappa shape index (κ2) is 5.84. The molecule has 1 atom stereocenters. The Balaban J connectivity index is 2.39. The third kappa shape index (κ3) is 3.48. The molecule has 1 fully saturated rings. The van der Waals surface area contributed by atoms with Crippen LogP contribution in [0.1, 0.15) is 38.5 Å². The van der Waals surface area contributed by atoms with Gasteiger partial charge in [0.05, 0.1) is 6.04 Å². The van der Waals surface area contributed by atoms with Gasteiger partial charge in [0.25, 0.3) is 0 Å². The fourth-order valence-corrected chi connectivity index (χ4v) is 2.14. The molecule has 0 bridgehead atoms. The van der Waals surface area contributed by atoms with Crippen molar-refractivity contribution in [1.29, 1.82) is 0 Å². The second-order valence-electron chi connectivity index (χ2n) is 4.43. The molecule has 1 aliphatic rings. The number of amides is 1. The molecule has 0 aromatic carbocycles. The van der Waals surface area contributed by atoms with Crippen LogP contribution in [0.25, 0.3) is 0 Å². The van der Waals surface area contributed by atoms with Gasteiger partial charge in [-0.2, -0.15) is 0 Å². The number of nitrogens with zero attached hydrogens (tertiary/aromatic N) is 1. The summed E-state index contributed by atoms with van der Waals surface area (Å²) in [5, 5.41) is 8.51. The number of hydrogen-bond acceptors (Lipinski definition) is 3. The first-order chi connectivity index (χ1) is 7.52. The lowest BCUT2D eigenvalue weighted by molar-refractivity contribution is -0.137. The Morgan fingerprint density at radius 3 is 2.50 bits per heavy atom. The zero-order valence-corrected chi connectivity index (χ0v) is 9.69. The molecule has 1 rings (SSSR count). The number of likely N-dealkylation sites (N-methyl/N-ethyl adjacent to an activating group) is 1. The molecule has 0 spiro atoms. The summed E-state index contributed by atoms with van der Waals surface area (Å²) in [7, 11) is 1.76. The van der Waals surface area contributed by atoms with Crippen molar-refractivity contribution in [3.05, 3.63) is 0 Å². The van der Waals surface area contributed by atoms with Crippen LogP contribution in [0.2, 0.25) is 0 Å². The summed E-state index contributed by atoms with van der Waals surface area (Å²) in [6, 6.07) is -0.384. The van der Waals surface area contributed by atoms with E-state index in [-0.39, 0.29) is 18.7 Å². The number of carbonyl (C=O) groups excluding carboxylic acids is 1. The zero-order chi connectivity index (χ0) is 12.1. The van der Waals surface area contributed by atoms with E-state index >= 15 is 0 Å². The number of rotatable bonds is 5. The van der Waals surface area contributed by atoms with Crippen molar-refractivity contribution >= 4 is 11.9 Å². The molecule has 0 saturated heterocycles. The summed E-state index contributed by atoms with van der Waals surface area (Å²) in [6.45, 7) is 0. The Morgan fingerprint density at radius 2 is 2.00 bits per heavy atom. The van der Waals surface area contributed by atoms with Crippen LogP contribution in [0.5, 0.6) is 0 Å². The van der Waals surface area contributed by atoms with E-state index in [0.29, 0.717) is 6.04 Å². The number of nitrogens with two attached hydrogens (primary N) is 1. The first kappa shape index (κ1) is 13.0. The van der Waals surface area contributed by atoms with Gasteiger partial charge in [0.1, 0.15) is 0 Å². The summed E-state index contributed by atoms with van der Waals surface area (Å²) in [5.41, 5.74) is 5.68. The molecule has 0 aliphatic heterocycles. The third-order valence-electron chi connectivity index (χ3n) is 3.21. The van der Waals surface area contributed by atoms with Gasteiger partial charge in [0, 0.05) is 19.5 Å². The van der Waals surface area contributed by atoms with Crippen molar-refractivity contribution in [3.63, 3.8) is 0 Å². The van der Waals surface area contributed by atoms with Crippen molar-refractivity contribution < 1.29 is 14.7 Å². The van der Waals surface area contributed by atoms with Crippen LogP contribution in [0, 0.1) is 0 Å². The zero-order valence-electron chi connectivity index (χ0n) is 9.69. The molecule has 5 heteroatoms. The Kier molecular flexibility index (Phi) is 4.73. The first-order valence-electron chi connectivity index (χ1n) is 5.76. The molecule has 0 aromatic rings. The predicted molar refractivity (Wildman–Crippen MR) is 59.9 cm³/mol. The average molecular weight is 228 g/mol. The van der Waals surface area contributed by atoms with E-state index in [1.807, 2.05) is 0 Å². The van der Waals surface area contributed by atoms with E-state index in [1.54, 1.807) is 11.9 Å². The highest BCUT2D eigenvalue weighted by atomic mass is 16.4. The number of hydrogen-bond donors (Lipinski definition) is 2. The van der Waals surface area contributed by atoms with Gasteiger partial charge in [0.15, 0.2) is 0 Å². The predicted octanol–water partition coefficient (Wildman–Crippen LogP) is 0.579. The second-order valence-corrected chi connectivity index (χ2v) is 4.43. The molecule has 5 nitrogen and oxygen atoms in total. The van der Waals surface area contributed by atoms with Gasteiger partial charge >= 0.3 is 5.97 Å². The highest BCUT2D eigenvalue weighted by Crippen LogP contribution is 2.22. The van der Waals surface area contributed by atoms with Gasteiger partial charge < -0.3 is 15.7 Å². The molecule has 1 aliphatic carbocycles. The van der Waals surface area contributed by atoms with Crippen LogP contribution < -0.4 is 5.73 Å². The van der Waals surface area contributed by atoms with Crippen molar-refractivity contribution in [2.24, 2.45) is 5.73 Å². The molecule has 16 heavy (non-hydrogen) atoms. The molecular weight excluding hydrogens is 208 g/mol. The molecule has 1 unspecified atom stereocenters. The van der Waals surface area contributed by atoms with Crippen LogP contribution in [0.15, 0.2) is 0 Å². The summed E-state index contributed by atoms with van der Waals surface area (Å²) in [6.07, 6.45) is 4.55. The fourth-order valence-electron chi connectivity index (χ4n) is 2.14. The summed E-state index contributed by atoms with van der Waals surface area (Å²) in [5.74, 6) is -1.04. The highest BCUT2D eigenvalue weighted by molar-refractivity contribution is 5.82. The summed E-state index contributed by atoms with van der Waals surface area (Å²) >= 11 is 0. The summed E-state index contributed by atoms with van der Waals surface area (Å²) < 4.78 is 0. The number of aliphatic carboxylic acids is 1. The molecule has 1 amide bonds. The lowest BCUT2D eigenvalue weighted by Crippen LogP contribution is -2.45. The first-order valence-corrected chi connectivity index (χ1v) is 5.76. The molecular formula is C11H20N2O3. The number of carbonyl (C=O) groups is 2. The molecule has 0 heterocycles. The number of carboxylic acid groups (broad SMARTS) is 1. The minimum absolute atomic E-state index is 0.0502. The molecule has 3 N–H and O–H groups in total. The Labute approximate surface area is 95.6 Å². The van der Waals surface area contributed by atoms with Gasteiger partial charge in [-0.3, -0.25) is 9.59 Å². The van der Waals surface area contributed by atoms with Crippen molar-refractivity contribution in [2.45, 2.75) is 50.6 Å². The lowest BCUT2D eigenvalue weighted by atomic mass is 10.1. The van der Waals surface area contributed by atoms with Gasteiger partial charge in [-0.15, -0.1) is 0 Å². The van der Waals surface area contributed by atoms with Crippen LogP contribution in [0.3, 0.4) is 0 Å². The number of carboxylic acids is 1. The van der Waals surface area contributed by atoms with E-state index in [0.717, 1.165) is 25.7 Å². The van der Waals surface area contributed by atoms with E-state index < -0.39 is 12.0 Å². The van der Waals surface area contributed by atoms with Gasteiger partial charge in [-0.25, -0.2) is 0 Å². The standard InChI is InChI=1S/C11H20N2O3/c1-13(8-4-2-3-5-8)11(16)9(12)6-7-10(14)15/h8-9H,2-7,12H2,1H3,(H,14,15). The minimum atomic E-state index is -0.910. The van der Waals surface area contributed by atoms with Crippen LogP contribution in [0.4, 0.5) is 0 Å². The Morgan fingerprint density at radius 1 is 1.44 bits per heavy atom. The minimum Gasteiger partial charge on any atom is -0.481 e. The van der Waals surface area contributed by atoms with Crippen molar-refractivity contribution in [1.82, 2.24) is 4.90 Å². The topological polar surface area (TPSA) is 83.6 Å². The van der Waals surface area contributed by atoms with E-state index in [9.17, 15) is 9.59 Å². The van der Waals surface area contributed by atoms with Gasteiger partial charge in [-0.05, 0) is 19.3 Å². The van der Waals surface area contributed by atoms with E-state index in [4.69, 9.17) is 10.8 Å². The van der Waals surface area contributed by atoms with Crippen molar-refractivity contribution in [3.8, 4) is 0 Å². The van der Waals surface area contributed by atoms with Crippen LogP contribution in [-0.2, 0) is 9.59 Å². The highest BCUT2D eigenvalue weighted by Gasteiger charge is 2.26. The average Bonchev–Trinajstić information content (AvgIpc) is 2.77. The maximum absolute atomic E-state index is 11.9. The lowest BCUT2D eigenvalue weighted by Gasteiger charge is -2.27. The summed E-state index contributed by atoms with van der Waals surface area (Å²) in [4.78, 5) is 23.9. The smallest absolute Gasteiger partial charge is 0.303 e. The van der Waals surface area contributed by atoms with Crippen LogP contribution >= 0.6 is 0 Å². The molecule has 0 aromatic heterocycles. The monoisotopic (exact) mass is 228 g/mol. The van der Waals surface area contributed by atoms with E-state index in [1.165, 1.54) is 0 Å². The molecule has 0 radical (unpaired) electrons. The maximum Gasteiger partial charge on any atom is 0.303 e. The normalized spacial score (nSPS) is 18.4. The molecule has 1 saturated carbocycles. The van der Waals surface area contributed by atoms with Crippen molar-refractivity contribution in [2.75, 3.05) is 7.05 Å². The van der Waals surface area contributed by atoms with Gasteiger partial charge in [-0.1, -0.05) is 12.8 Å². The SMILES string of the molecule is CN(C(=O)C(N)CCC(=O)O)C1CCCC1.